The standard InChI is InChI=1S/C13H10BrClFN3O/c1-6-2-10(16)9(14)4-11(6)19-13(20)8-3-7(17)5-18-12(8)15/h2-5H,17H2,1H3,(H,19,20). The van der Waals surface area contributed by atoms with Crippen LogP contribution in [0.2, 0.25) is 5.15 Å². The number of nitrogens with two attached hydrogens (primary N) is 1. The van der Waals surface area contributed by atoms with Crippen LogP contribution in [-0.4, -0.2) is 10.9 Å². The molecule has 7 heteroatoms. The molecule has 0 radical (unpaired) electrons. The van der Waals surface area contributed by atoms with Gasteiger partial charge in [-0.1, -0.05) is 11.6 Å². The van der Waals surface area contributed by atoms with Crippen molar-refractivity contribution in [1.82, 2.24) is 4.98 Å². The molecule has 2 rings (SSSR count). The number of pyridine rings is 1. The second kappa shape index (κ2) is 5.76. The third-order valence-electron chi connectivity index (χ3n) is 2.62. The summed E-state index contributed by atoms with van der Waals surface area (Å²) in [4.78, 5) is 15.9. The van der Waals surface area contributed by atoms with E-state index < -0.39 is 11.7 Å². The number of carbonyl (C=O) groups excluding carboxylic acids is 1. The number of nitrogen functional groups attached to an aromatic ring is 1. The molecule has 1 aromatic heterocycles. The van der Waals surface area contributed by atoms with Crippen LogP contribution in [0.3, 0.4) is 0 Å². The first-order chi connectivity index (χ1) is 9.38. The molecule has 0 atom stereocenters. The third-order valence-corrected chi connectivity index (χ3v) is 3.53. The van der Waals surface area contributed by atoms with Gasteiger partial charge in [-0.25, -0.2) is 9.37 Å². The molecule has 0 spiro atoms. The number of hydrogen-bond donors (Lipinski definition) is 2. The molecule has 0 saturated heterocycles. The lowest BCUT2D eigenvalue weighted by atomic mass is 10.2. The van der Waals surface area contributed by atoms with E-state index in [-0.39, 0.29) is 15.2 Å². The topological polar surface area (TPSA) is 68.0 Å². The van der Waals surface area contributed by atoms with E-state index in [1.54, 1.807) is 6.92 Å². The van der Waals surface area contributed by atoms with Crippen molar-refractivity contribution < 1.29 is 9.18 Å². The Bertz CT molecular complexity index is 694. The molecule has 0 bridgehead atoms. The highest BCUT2D eigenvalue weighted by Crippen LogP contribution is 2.25. The summed E-state index contributed by atoms with van der Waals surface area (Å²) in [6.07, 6.45) is 1.36. The van der Waals surface area contributed by atoms with Gasteiger partial charge in [0.2, 0.25) is 0 Å². The summed E-state index contributed by atoms with van der Waals surface area (Å²) in [5.74, 6) is -0.861. The lowest BCUT2D eigenvalue weighted by Gasteiger charge is -2.10. The minimum atomic E-state index is -0.462. The molecule has 0 unspecified atom stereocenters. The fourth-order valence-electron chi connectivity index (χ4n) is 1.59. The Morgan fingerprint density at radius 3 is 2.85 bits per heavy atom. The van der Waals surface area contributed by atoms with E-state index >= 15 is 0 Å². The predicted molar refractivity (Wildman–Crippen MR) is 80.4 cm³/mol. The molecule has 2 aromatic rings. The molecule has 104 valence electrons. The predicted octanol–water partition coefficient (Wildman–Crippen LogP) is 3.78. The molecule has 0 aliphatic rings. The van der Waals surface area contributed by atoms with Gasteiger partial charge < -0.3 is 11.1 Å². The number of halogens is 3. The van der Waals surface area contributed by atoms with Crippen molar-refractivity contribution in [2.45, 2.75) is 6.92 Å². The lowest BCUT2D eigenvalue weighted by molar-refractivity contribution is 0.102. The Kier molecular flexibility index (Phi) is 4.25. The van der Waals surface area contributed by atoms with Gasteiger partial charge >= 0.3 is 0 Å². The Balaban J connectivity index is 2.32. The zero-order valence-corrected chi connectivity index (χ0v) is 12.7. The van der Waals surface area contributed by atoms with Crippen LogP contribution >= 0.6 is 27.5 Å². The van der Waals surface area contributed by atoms with Gasteiger partial charge in [0.25, 0.3) is 5.91 Å². The normalized spacial score (nSPS) is 10.4. The third kappa shape index (κ3) is 3.08. The molecule has 1 amide bonds. The maximum atomic E-state index is 13.3. The Labute approximate surface area is 128 Å². The van der Waals surface area contributed by atoms with E-state index in [1.165, 1.54) is 24.4 Å². The van der Waals surface area contributed by atoms with Gasteiger partial charge in [-0.2, -0.15) is 0 Å². The van der Waals surface area contributed by atoms with Gasteiger partial charge in [0.05, 0.1) is 21.9 Å². The molecule has 0 aliphatic carbocycles. The molecular formula is C13H10BrClFN3O. The van der Waals surface area contributed by atoms with Crippen molar-refractivity contribution in [1.29, 1.82) is 0 Å². The minimum absolute atomic E-state index is 0.0514. The lowest BCUT2D eigenvalue weighted by Crippen LogP contribution is -2.14. The summed E-state index contributed by atoms with van der Waals surface area (Å²) in [5, 5.41) is 2.70. The van der Waals surface area contributed by atoms with Crippen molar-refractivity contribution in [3.8, 4) is 0 Å². The number of hydrogen-bond acceptors (Lipinski definition) is 3. The fraction of sp³-hybridized carbons (Fsp3) is 0.0769. The van der Waals surface area contributed by atoms with Crippen LogP contribution < -0.4 is 11.1 Å². The molecule has 3 N–H and O–H groups in total. The fourth-order valence-corrected chi connectivity index (χ4v) is 2.13. The largest absolute Gasteiger partial charge is 0.397 e. The van der Waals surface area contributed by atoms with Crippen LogP contribution in [0, 0.1) is 12.7 Å². The van der Waals surface area contributed by atoms with Gasteiger partial charge in [0.15, 0.2) is 0 Å². The van der Waals surface area contributed by atoms with Crippen LogP contribution in [0.15, 0.2) is 28.9 Å². The summed E-state index contributed by atoms with van der Waals surface area (Å²) in [5.41, 5.74) is 7.13. The number of aryl methyl sites for hydroxylation is 1. The summed E-state index contributed by atoms with van der Waals surface area (Å²) >= 11 is 8.92. The summed E-state index contributed by atoms with van der Waals surface area (Å²) in [7, 11) is 0. The summed E-state index contributed by atoms with van der Waals surface area (Å²) in [6, 6.07) is 4.23. The second-order valence-corrected chi connectivity index (χ2v) is 5.35. The summed E-state index contributed by atoms with van der Waals surface area (Å²) in [6.45, 7) is 1.68. The molecule has 1 heterocycles. The average molecular weight is 359 g/mol. The van der Waals surface area contributed by atoms with Crippen LogP contribution in [0.4, 0.5) is 15.8 Å². The zero-order valence-electron chi connectivity index (χ0n) is 10.4. The maximum absolute atomic E-state index is 13.3. The van der Waals surface area contributed by atoms with Crippen LogP contribution in [0.5, 0.6) is 0 Å². The summed E-state index contributed by atoms with van der Waals surface area (Å²) < 4.78 is 13.6. The van der Waals surface area contributed by atoms with E-state index in [2.05, 4.69) is 26.2 Å². The molecule has 0 fully saturated rings. The van der Waals surface area contributed by atoms with Crippen LogP contribution in [0.1, 0.15) is 15.9 Å². The second-order valence-electron chi connectivity index (χ2n) is 4.14. The highest BCUT2D eigenvalue weighted by molar-refractivity contribution is 9.10. The number of anilines is 2. The Morgan fingerprint density at radius 1 is 1.45 bits per heavy atom. The molecule has 0 aliphatic heterocycles. The number of nitrogens with zero attached hydrogens (tertiary/aromatic N) is 1. The smallest absolute Gasteiger partial charge is 0.258 e. The van der Waals surface area contributed by atoms with E-state index in [0.717, 1.165) is 0 Å². The average Bonchev–Trinajstić information content (AvgIpc) is 2.38. The van der Waals surface area contributed by atoms with E-state index in [9.17, 15) is 9.18 Å². The minimum Gasteiger partial charge on any atom is -0.397 e. The molecule has 20 heavy (non-hydrogen) atoms. The number of rotatable bonds is 2. The molecule has 1 aromatic carbocycles. The van der Waals surface area contributed by atoms with Gasteiger partial charge in [-0.15, -0.1) is 0 Å². The van der Waals surface area contributed by atoms with E-state index in [1.807, 2.05) is 0 Å². The van der Waals surface area contributed by atoms with Gasteiger partial charge in [-0.05, 0) is 46.6 Å². The van der Waals surface area contributed by atoms with Crippen molar-refractivity contribution in [2.24, 2.45) is 0 Å². The quantitative estimate of drug-likeness (QED) is 0.803. The highest BCUT2D eigenvalue weighted by Gasteiger charge is 2.14. The van der Waals surface area contributed by atoms with E-state index in [4.69, 9.17) is 17.3 Å². The van der Waals surface area contributed by atoms with Crippen molar-refractivity contribution in [3.63, 3.8) is 0 Å². The van der Waals surface area contributed by atoms with Gasteiger partial charge in [-0.3, -0.25) is 4.79 Å². The molecule has 0 saturated carbocycles. The molecule has 4 nitrogen and oxygen atoms in total. The number of nitrogens with one attached hydrogen (secondary N) is 1. The first-order valence-electron chi connectivity index (χ1n) is 5.56. The highest BCUT2D eigenvalue weighted by atomic mass is 79.9. The number of amides is 1. The molecular weight excluding hydrogens is 349 g/mol. The van der Waals surface area contributed by atoms with Crippen LogP contribution in [-0.2, 0) is 0 Å². The van der Waals surface area contributed by atoms with Crippen molar-refractivity contribution in [2.75, 3.05) is 11.1 Å². The Morgan fingerprint density at radius 2 is 2.15 bits per heavy atom. The zero-order chi connectivity index (χ0) is 14.9. The van der Waals surface area contributed by atoms with Crippen molar-refractivity contribution in [3.05, 3.63) is 51.0 Å². The maximum Gasteiger partial charge on any atom is 0.258 e. The number of aromatic nitrogens is 1. The Hall–Kier alpha value is -1.66. The number of carbonyl (C=O) groups is 1. The van der Waals surface area contributed by atoms with E-state index in [0.29, 0.717) is 16.9 Å². The van der Waals surface area contributed by atoms with Crippen molar-refractivity contribution >= 4 is 44.8 Å². The van der Waals surface area contributed by atoms with Gasteiger partial charge in [0.1, 0.15) is 11.0 Å². The number of benzene rings is 1. The first-order valence-corrected chi connectivity index (χ1v) is 6.73. The SMILES string of the molecule is Cc1cc(F)c(Br)cc1NC(=O)c1cc(N)cnc1Cl. The van der Waals surface area contributed by atoms with Crippen LogP contribution in [0.25, 0.3) is 0 Å². The van der Waals surface area contributed by atoms with Gasteiger partial charge in [0, 0.05) is 5.69 Å². The first kappa shape index (κ1) is 14.7. The monoisotopic (exact) mass is 357 g/mol.